The molecule has 0 aliphatic carbocycles. The minimum atomic E-state index is 0.461. The Morgan fingerprint density at radius 2 is 1.86 bits per heavy atom. The third-order valence-corrected chi connectivity index (χ3v) is 3.71. The van der Waals surface area contributed by atoms with Gasteiger partial charge in [0.2, 0.25) is 0 Å². The molecule has 0 aliphatic heterocycles. The first kappa shape index (κ1) is 14.6. The second kappa shape index (κ2) is 6.62. The van der Waals surface area contributed by atoms with Gasteiger partial charge in [-0.25, -0.2) is 4.98 Å². The molecule has 22 heavy (non-hydrogen) atoms. The first-order chi connectivity index (χ1) is 10.8. The van der Waals surface area contributed by atoms with E-state index >= 15 is 0 Å². The summed E-state index contributed by atoms with van der Waals surface area (Å²) in [5.41, 5.74) is 9.02. The van der Waals surface area contributed by atoms with Crippen molar-refractivity contribution in [2.24, 2.45) is 5.73 Å². The van der Waals surface area contributed by atoms with Gasteiger partial charge < -0.3 is 15.0 Å². The maximum atomic E-state index is 5.88. The van der Waals surface area contributed by atoms with E-state index in [2.05, 4.69) is 17.6 Å². The second-order valence-corrected chi connectivity index (χ2v) is 5.41. The minimum Gasteiger partial charge on any atom is -0.486 e. The van der Waals surface area contributed by atoms with Crippen molar-refractivity contribution in [3.8, 4) is 5.75 Å². The standard InChI is InChI=1S/C18H21N3O/c1-14-7-9-15(10-8-14)22-13-18-20-16-5-2-3-6-17(16)21(18)12-4-11-19/h2-3,5-10H,4,11-13,19H2,1H3. The summed E-state index contributed by atoms with van der Waals surface area (Å²) in [7, 11) is 0. The Balaban J connectivity index is 1.83. The lowest BCUT2D eigenvalue weighted by molar-refractivity contribution is 0.290. The van der Waals surface area contributed by atoms with Crippen LogP contribution in [0.15, 0.2) is 48.5 Å². The SMILES string of the molecule is Cc1ccc(OCc2nc3ccccc3n2CCCN)cc1. The highest BCUT2D eigenvalue weighted by atomic mass is 16.5. The van der Waals surface area contributed by atoms with Gasteiger partial charge in [-0.15, -0.1) is 0 Å². The fourth-order valence-corrected chi connectivity index (χ4v) is 2.52. The Labute approximate surface area is 130 Å². The van der Waals surface area contributed by atoms with E-state index in [9.17, 15) is 0 Å². The first-order valence-corrected chi connectivity index (χ1v) is 7.61. The van der Waals surface area contributed by atoms with Gasteiger partial charge in [-0.05, 0) is 44.2 Å². The number of hydrogen-bond acceptors (Lipinski definition) is 3. The number of rotatable bonds is 6. The van der Waals surface area contributed by atoms with Crippen molar-refractivity contribution in [3.63, 3.8) is 0 Å². The van der Waals surface area contributed by atoms with E-state index in [1.54, 1.807) is 0 Å². The number of hydrogen-bond donors (Lipinski definition) is 1. The molecule has 0 amide bonds. The molecule has 0 bridgehead atoms. The number of ether oxygens (including phenoxy) is 1. The van der Waals surface area contributed by atoms with Crippen LogP contribution in [0.25, 0.3) is 11.0 Å². The second-order valence-electron chi connectivity index (χ2n) is 5.41. The maximum absolute atomic E-state index is 5.88. The van der Waals surface area contributed by atoms with Crippen molar-refractivity contribution in [2.45, 2.75) is 26.5 Å². The van der Waals surface area contributed by atoms with Crippen LogP contribution in [0.3, 0.4) is 0 Å². The zero-order valence-electron chi connectivity index (χ0n) is 12.8. The first-order valence-electron chi connectivity index (χ1n) is 7.61. The van der Waals surface area contributed by atoms with Gasteiger partial charge in [0.25, 0.3) is 0 Å². The molecular weight excluding hydrogens is 274 g/mol. The third-order valence-electron chi connectivity index (χ3n) is 3.71. The highest BCUT2D eigenvalue weighted by Crippen LogP contribution is 2.19. The normalized spacial score (nSPS) is 11.0. The topological polar surface area (TPSA) is 53.1 Å². The van der Waals surface area contributed by atoms with Crippen molar-refractivity contribution < 1.29 is 4.74 Å². The summed E-state index contributed by atoms with van der Waals surface area (Å²) in [5.74, 6) is 1.80. The maximum Gasteiger partial charge on any atom is 0.147 e. The number of imidazole rings is 1. The third kappa shape index (κ3) is 3.12. The molecule has 0 saturated heterocycles. The number of fused-ring (bicyclic) bond motifs is 1. The van der Waals surface area contributed by atoms with Crippen molar-refractivity contribution in [1.82, 2.24) is 9.55 Å². The number of aryl methyl sites for hydroxylation is 2. The molecule has 3 rings (SSSR count). The summed E-state index contributed by atoms with van der Waals surface area (Å²) >= 11 is 0. The Kier molecular flexibility index (Phi) is 4.39. The Hall–Kier alpha value is -2.33. The van der Waals surface area contributed by atoms with Crippen LogP contribution in [0.4, 0.5) is 0 Å². The van der Waals surface area contributed by atoms with E-state index < -0.39 is 0 Å². The van der Waals surface area contributed by atoms with Crippen LogP contribution in [0, 0.1) is 6.92 Å². The average Bonchev–Trinajstić information content (AvgIpc) is 2.90. The van der Waals surface area contributed by atoms with Crippen molar-refractivity contribution in [3.05, 3.63) is 59.9 Å². The van der Waals surface area contributed by atoms with Gasteiger partial charge >= 0.3 is 0 Å². The molecule has 0 spiro atoms. The summed E-state index contributed by atoms with van der Waals surface area (Å²) in [5, 5.41) is 0. The number of nitrogens with zero attached hydrogens (tertiary/aromatic N) is 2. The Morgan fingerprint density at radius 1 is 1.09 bits per heavy atom. The van der Waals surface area contributed by atoms with E-state index in [1.165, 1.54) is 5.56 Å². The van der Waals surface area contributed by atoms with E-state index in [0.717, 1.165) is 35.6 Å². The molecule has 0 radical (unpaired) electrons. The molecule has 0 aliphatic rings. The van der Waals surface area contributed by atoms with Crippen LogP contribution < -0.4 is 10.5 Å². The Morgan fingerprint density at radius 3 is 2.64 bits per heavy atom. The number of benzene rings is 2. The summed E-state index contributed by atoms with van der Waals surface area (Å²) in [6.07, 6.45) is 0.928. The minimum absolute atomic E-state index is 0.461. The van der Waals surface area contributed by atoms with Crippen molar-refractivity contribution in [1.29, 1.82) is 0 Å². The predicted molar refractivity (Wildman–Crippen MR) is 88.9 cm³/mol. The van der Waals surface area contributed by atoms with Gasteiger partial charge in [-0.3, -0.25) is 0 Å². The molecule has 2 aromatic carbocycles. The molecule has 3 aromatic rings. The highest BCUT2D eigenvalue weighted by molar-refractivity contribution is 5.75. The number of para-hydroxylation sites is 2. The molecule has 0 saturated carbocycles. The van der Waals surface area contributed by atoms with Gasteiger partial charge in [0.05, 0.1) is 11.0 Å². The lowest BCUT2D eigenvalue weighted by atomic mass is 10.2. The fourth-order valence-electron chi connectivity index (χ4n) is 2.52. The molecule has 0 atom stereocenters. The number of aromatic nitrogens is 2. The zero-order chi connectivity index (χ0) is 15.4. The molecule has 2 N–H and O–H groups in total. The largest absolute Gasteiger partial charge is 0.486 e. The Bertz CT molecular complexity index is 747. The molecule has 4 nitrogen and oxygen atoms in total. The molecule has 1 heterocycles. The lowest BCUT2D eigenvalue weighted by Gasteiger charge is -2.10. The zero-order valence-corrected chi connectivity index (χ0v) is 12.8. The molecule has 114 valence electrons. The van der Waals surface area contributed by atoms with E-state index in [1.807, 2.05) is 42.5 Å². The summed E-state index contributed by atoms with van der Waals surface area (Å²) in [6, 6.07) is 16.2. The average molecular weight is 295 g/mol. The smallest absolute Gasteiger partial charge is 0.147 e. The quantitative estimate of drug-likeness (QED) is 0.759. The van der Waals surface area contributed by atoms with Gasteiger partial charge in [0.1, 0.15) is 18.2 Å². The molecular formula is C18H21N3O. The van der Waals surface area contributed by atoms with Crippen molar-refractivity contribution >= 4 is 11.0 Å². The van der Waals surface area contributed by atoms with Crippen LogP contribution in [0.1, 0.15) is 17.8 Å². The fraction of sp³-hybridized carbons (Fsp3) is 0.278. The highest BCUT2D eigenvalue weighted by Gasteiger charge is 2.10. The van der Waals surface area contributed by atoms with Crippen molar-refractivity contribution in [2.75, 3.05) is 6.54 Å². The van der Waals surface area contributed by atoms with Crippen LogP contribution in [0.5, 0.6) is 5.75 Å². The summed E-state index contributed by atoms with van der Waals surface area (Å²) in [4.78, 5) is 4.70. The van der Waals surface area contributed by atoms with Gasteiger partial charge in [0, 0.05) is 6.54 Å². The van der Waals surface area contributed by atoms with Gasteiger partial charge in [-0.1, -0.05) is 29.8 Å². The predicted octanol–water partition coefficient (Wildman–Crippen LogP) is 3.27. The molecule has 1 aromatic heterocycles. The number of nitrogens with two attached hydrogens (primary N) is 1. The van der Waals surface area contributed by atoms with Crippen LogP contribution in [0.2, 0.25) is 0 Å². The monoisotopic (exact) mass is 295 g/mol. The van der Waals surface area contributed by atoms with E-state index in [0.29, 0.717) is 13.2 Å². The van der Waals surface area contributed by atoms with Crippen LogP contribution in [-0.4, -0.2) is 16.1 Å². The van der Waals surface area contributed by atoms with Crippen LogP contribution >= 0.6 is 0 Å². The molecule has 0 fully saturated rings. The molecule has 4 heteroatoms. The van der Waals surface area contributed by atoms with E-state index in [-0.39, 0.29) is 0 Å². The van der Waals surface area contributed by atoms with E-state index in [4.69, 9.17) is 15.5 Å². The summed E-state index contributed by atoms with van der Waals surface area (Å²) < 4.78 is 8.09. The van der Waals surface area contributed by atoms with Crippen LogP contribution in [-0.2, 0) is 13.2 Å². The van der Waals surface area contributed by atoms with Gasteiger partial charge in [-0.2, -0.15) is 0 Å². The molecule has 0 unspecified atom stereocenters. The van der Waals surface area contributed by atoms with Gasteiger partial charge in [0.15, 0.2) is 0 Å². The lowest BCUT2D eigenvalue weighted by Crippen LogP contribution is -2.10. The summed E-state index contributed by atoms with van der Waals surface area (Å²) in [6.45, 7) is 4.06.